The summed E-state index contributed by atoms with van der Waals surface area (Å²) in [6, 6.07) is 3.86. The maximum Gasteiger partial charge on any atom is 0.236 e. The number of amides is 1. The number of nitrogens with two attached hydrogens (primary N) is 1. The Bertz CT molecular complexity index is 520. The smallest absolute Gasteiger partial charge is 0.236 e. The van der Waals surface area contributed by atoms with Crippen LogP contribution in [0.3, 0.4) is 0 Å². The second-order valence-corrected chi connectivity index (χ2v) is 4.69. The summed E-state index contributed by atoms with van der Waals surface area (Å²) < 4.78 is 13.9. The van der Waals surface area contributed by atoms with Crippen molar-refractivity contribution in [2.24, 2.45) is 10.9 Å². The highest BCUT2D eigenvalue weighted by Crippen LogP contribution is 2.10. The average Bonchev–Trinajstić information content (AvgIpc) is 2.50. The minimum Gasteiger partial charge on any atom is -0.409 e. The number of rotatable bonds is 7. The predicted octanol–water partition coefficient (Wildman–Crippen LogP) is 0.925. The highest BCUT2D eigenvalue weighted by atomic mass is 19.1. The molecule has 7 heteroatoms. The summed E-state index contributed by atoms with van der Waals surface area (Å²) in [5.41, 5.74) is 6.09. The van der Waals surface area contributed by atoms with Crippen molar-refractivity contribution in [2.45, 2.75) is 32.9 Å². The summed E-state index contributed by atoms with van der Waals surface area (Å²) in [5.74, 6) is -0.751. The molecule has 1 rings (SSSR count). The zero-order valence-corrected chi connectivity index (χ0v) is 12.2. The lowest BCUT2D eigenvalue weighted by Crippen LogP contribution is -2.42. The van der Waals surface area contributed by atoms with E-state index in [4.69, 9.17) is 10.9 Å². The molecule has 0 bridgehead atoms. The first-order valence-electron chi connectivity index (χ1n) is 6.77. The molecule has 1 aromatic carbocycles. The van der Waals surface area contributed by atoms with Crippen molar-refractivity contribution >= 4 is 11.7 Å². The molecular formula is C14H21FN4O2. The van der Waals surface area contributed by atoms with Gasteiger partial charge in [-0.2, -0.15) is 0 Å². The quantitative estimate of drug-likeness (QED) is 0.260. The largest absolute Gasteiger partial charge is 0.409 e. The first kappa shape index (κ1) is 16.9. The van der Waals surface area contributed by atoms with Gasteiger partial charge in [0.15, 0.2) is 5.84 Å². The van der Waals surface area contributed by atoms with E-state index in [0.29, 0.717) is 17.7 Å². The van der Waals surface area contributed by atoms with E-state index in [9.17, 15) is 9.18 Å². The Morgan fingerprint density at radius 2 is 2.24 bits per heavy atom. The highest BCUT2D eigenvalue weighted by Gasteiger charge is 2.13. The van der Waals surface area contributed by atoms with E-state index >= 15 is 0 Å². The molecule has 0 saturated heterocycles. The lowest BCUT2D eigenvalue weighted by molar-refractivity contribution is -0.122. The summed E-state index contributed by atoms with van der Waals surface area (Å²) in [6.07, 6.45) is 0.863. The molecule has 1 amide bonds. The second-order valence-electron chi connectivity index (χ2n) is 4.69. The molecule has 1 unspecified atom stereocenters. The van der Waals surface area contributed by atoms with Gasteiger partial charge in [-0.1, -0.05) is 24.2 Å². The molecule has 21 heavy (non-hydrogen) atoms. The van der Waals surface area contributed by atoms with E-state index in [1.165, 1.54) is 12.1 Å². The van der Waals surface area contributed by atoms with Crippen LogP contribution < -0.4 is 16.4 Å². The van der Waals surface area contributed by atoms with Crippen LogP contribution in [-0.2, 0) is 11.3 Å². The molecule has 0 heterocycles. The molecule has 0 aromatic heterocycles. The fraction of sp³-hybridized carbons (Fsp3) is 0.429. The minimum absolute atomic E-state index is 0.120. The number of hydrogen-bond donors (Lipinski definition) is 4. The van der Waals surface area contributed by atoms with Gasteiger partial charge in [0.05, 0.1) is 6.04 Å². The number of nitrogens with one attached hydrogen (secondary N) is 2. The zero-order chi connectivity index (χ0) is 15.8. The molecule has 0 radical (unpaired) electrons. The van der Waals surface area contributed by atoms with Gasteiger partial charge in [-0.15, -0.1) is 0 Å². The van der Waals surface area contributed by atoms with Crippen molar-refractivity contribution in [2.75, 3.05) is 6.54 Å². The van der Waals surface area contributed by atoms with Crippen molar-refractivity contribution in [1.82, 2.24) is 10.6 Å². The third-order valence-electron chi connectivity index (χ3n) is 3.00. The number of amidine groups is 1. The van der Waals surface area contributed by atoms with Gasteiger partial charge in [0.25, 0.3) is 0 Å². The Kier molecular flexibility index (Phi) is 6.61. The van der Waals surface area contributed by atoms with Gasteiger partial charge in [-0.05, 0) is 19.4 Å². The maximum absolute atomic E-state index is 13.9. The molecule has 1 atom stereocenters. The second kappa shape index (κ2) is 8.21. The fourth-order valence-corrected chi connectivity index (χ4v) is 1.66. The molecule has 0 spiro atoms. The number of carbonyl (C=O) groups is 1. The van der Waals surface area contributed by atoms with Gasteiger partial charge in [-0.25, -0.2) is 4.39 Å². The zero-order valence-electron chi connectivity index (χ0n) is 12.2. The van der Waals surface area contributed by atoms with E-state index in [1.807, 2.05) is 6.92 Å². The summed E-state index contributed by atoms with van der Waals surface area (Å²) in [4.78, 5) is 11.7. The van der Waals surface area contributed by atoms with Crippen LogP contribution in [0.2, 0.25) is 0 Å². The SMILES string of the molecule is CCCNC(=O)C(C)NCc1ccc(C(N)=NO)cc1F. The molecule has 5 N–H and O–H groups in total. The molecule has 0 saturated carbocycles. The first-order valence-corrected chi connectivity index (χ1v) is 6.77. The van der Waals surface area contributed by atoms with Crippen LogP contribution in [0, 0.1) is 5.82 Å². The Balaban J connectivity index is 2.62. The van der Waals surface area contributed by atoms with Crippen molar-refractivity contribution in [3.63, 3.8) is 0 Å². The normalized spacial score (nSPS) is 13.0. The molecule has 0 aliphatic carbocycles. The lowest BCUT2D eigenvalue weighted by atomic mass is 10.1. The van der Waals surface area contributed by atoms with Crippen molar-refractivity contribution in [3.05, 3.63) is 35.1 Å². The van der Waals surface area contributed by atoms with E-state index < -0.39 is 11.9 Å². The molecule has 0 aliphatic rings. The number of benzene rings is 1. The number of hydrogen-bond acceptors (Lipinski definition) is 4. The van der Waals surface area contributed by atoms with Crippen LogP contribution in [0.25, 0.3) is 0 Å². The third-order valence-corrected chi connectivity index (χ3v) is 3.00. The summed E-state index contributed by atoms with van der Waals surface area (Å²) in [5, 5.41) is 17.1. The first-order chi connectivity index (χ1) is 9.99. The van der Waals surface area contributed by atoms with Crippen LogP contribution in [0.5, 0.6) is 0 Å². The van der Waals surface area contributed by atoms with E-state index in [0.717, 1.165) is 6.42 Å². The Morgan fingerprint density at radius 1 is 1.52 bits per heavy atom. The topological polar surface area (TPSA) is 99.7 Å². The Hall–Kier alpha value is -2.15. The number of halogens is 1. The molecule has 6 nitrogen and oxygen atoms in total. The van der Waals surface area contributed by atoms with E-state index in [2.05, 4.69) is 15.8 Å². The van der Waals surface area contributed by atoms with Crippen molar-refractivity contribution in [1.29, 1.82) is 0 Å². The van der Waals surface area contributed by atoms with Crippen LogP contribution in [0.15, 0.2) is 23.4 Å². The number of nitrogens with zero attached hydrogens (tertiary/aromatic N) is 1. The van der Waals surface area contributed by atoms with Gasteiger partial charge in [0.1, 0.15) is 5.82 Å². The predicted molar refractivity (Wildman–Crippen MR) is 78.5 cm³/mol. The molecule has 1 aromatic rings. The Labute approximate surface area is 123 Å². The van der Waals surface area contributed by atoms with Crippen LogP contribution in [-0.4, -0.2) is 29.5 Å². The monoisotopic (exact) mass is 296 g/mol. The number of carbonyl (C=O) groups excluding carboxylic acids is 1. The molecule has 0 fully saturated rings. The van der Waals surface area contributed by atoms with E-state index in [1.54, 1.807) is 13.0 Å². The lowest BCUT2D eigenvalue weighted by Gasteiger charge is -2.14. The standard InChI is InChI=1S/C14H21FN4O2/c1-3-6-17-14(20)9(2)18-8-11-5-4-10(7-12(11)15)13(16)19-21/h4-5,7,9,18,21H,3,6,8H2,1-2H3,(H2,16,19)(H,17,20). The van der Waals surface area contributed by atoms with Gasteiger partial charge in [0.2, 0.25) is 5.91 Å². The van der Waals surface area contributed by atoms with Crippen LogP contribution >= 0.6 is 0 Å². The number of oxime groups is 1. The van der Waals surface area contributed by atoms with Gasteiger partial charge >= 0.3 is 0 Å². The molecular weight excluding hydrogens is 275 g/mol. The summed E-state index contributed by atoms with van der Waals surface area (Å²) in [7, 11) is 0. The van der Waals surface area contributed by atoms with Crippen molar-refractivity contribution in [3.8, 4) is 0 Å². The van der Waals surface area contributed by atoms with Gasteiger partial charge < -0.3 is 21.6 Å². The third kappa shape index (κ3) is 5.03. The van der Waals surface area contributed by atoms with Crippen LogP contribution in [0.1, 0.15) is 31.4 Å². The van der Waals surface area contributed by atoms with Crippen molar-refractivity contribution < 1.29 is 14.4 Å². The van der Waals surface area contributed by atoms with Gasteiger partial charge in [-0.3, -0.25) is 4.79 Å². The van der Waals surface area contributed by atoms with Crippen LogP contribution in [0.4, 0.5) is 4.39 Å². The minimum atomic E-state index is -0.479. The Morgan fingerprint density at radius 3 is 2.81 bits per heavy atom. The summed E-state index contributed by atoms with van der Waals surface area (Å²) in [6.45, 7) is 4.51. The maximum atomic E-state index is 13.9. The summed E-state index contributed by atoms with van der Waals surface area (Å²) >= 11 is 0. The fourth-order valence-electron chi connectivity index (χ4n) is 1.66. The highest BCUT2D eigenvalue weighted by molar-refractivity contribution is 5.97. The molecule has 0 aliphatic heterocycles. The average molecular weight is 296 g/mol. The van der Waals surface area contributed by atoms with Gasteiger partial charge in [0, 0.05) is 24.2 Å². The molecule has 116 valence electrons. The van der Waals surface area contributed by atoms with E-state index in [-0.39, 0.29) is 18.3 Å².